The van der Waals surface area contributed by atoms with Crippen LogP contribution >= 0.6 is 0 Å². The fourth-order valence-electron chi connectivity index (χ4n) is 1.95. The molecule has 0 aliphatic carbocycles. The molecule has 1 aromatic carbocycles. The monoisotopic (exact) mass is 344 g/mol. The van der Waals surface area contributed by atoms with E-state index in [0.29, 0.717) is 11.5 Å². The highest BCUT2D eigenvalue weighted by Gasteiger charge is 2.09. The second-order valence-electron chi connectivity index (χ2n) is 4.93. The standard InChI is InChI=1S/C16H13FN4O4/c17-12-3-1-2-4-14(12)24-9-11-7-10(21-25-11)8-19-16-18-6-5-13(20-16)15(22)23/h1-7H,8-9H2,(H,22,23)(H,18,19,20). The number of benzene rings is 1. The first-order valence-electron chi connectivity index (χ1n) is 7.24. The number of hydrogen-bond acceptors (Lipinski definition) is 7. The van der Waals surface area contributed by atoms with Crippen LogP contribution < -0.4 is 10.1 Å². The lowest BCUT2D eigenvalue weighted by Gasteiger charge is -2.03. The molecule has 0 fully saturated rings. The molecule has 0 aliphatic rings. The van der Waals surface area contributed by atoms with Gasteiger partial charge in [0.25, 0.3) is 0 Å². The number of carboxylic acid groups (broad SMARTS) is 1. The number of nitrogens with zero attached hydrogens (tertiary/aromatic N) is 3. The van der Waals surface area contributed by atoms with Gasteiger partial charge in [-0.25, -0.2) is 19.2 Å². The van der Waals surface area contributed by atoms with E-state index in [4.69, 9.17) is 14.4 Å². The topological polar surface area (TPSA) is 110 Å². The number of carboxylic acids is 1. The first-order chi connectivity index (χ1) is 12.1. The van der Waals surface area contributed by atoms with Crippen molar-refractivity contribution >= 4 is 11.9 Å². The zero-order chi connectivity index (χ0) is 17.6. The summed E-state index contributed by atoms with van der Waals surface area (Å²) in [5.41, 5.74) is 0.424. The molecular formula is C16H13FN4O4. The summed E-state index contributed by atoms with van der Waals surface area (Å²) in [4.78, 5) is 18.6. The Morgan fingerprint density at radius 2 is 2.16 bits per heavy atom. The average molecular weight is 344 g/mol. The van der Waals surface area contributed by atoms with Crippen molar-refractivity contribution in [3.8, 4) is 5.75 Å². The van der Waals surface area contributed by atoms with Gasteiger partial charge in [0.05, 0.1) is 6.54 Å². The van der Waals surface area contributed by atoms with Crippen molar-refractivity contribution < 1.29 is 23.6 Å². The third kappa shape index (κ3) is 4.28. The Morgan fingerprint density at radius 1 is 1.32 bits per heavy atom. The molecule has 2 heterocycles. The summed E-state index contributed by atoms with van der Waals surface area (Å²) in [5, 5.41) is 15.6. The number of aromatic carboxylic acids is 1. The summed E-state index contributed by atoms with van der Waals surface area (Å²) in [7, 11) is 0. The highest BCUT2D eigenvalue weighted by atomic mass is 19.1. The third-order valence-electron chi connectivity index (χ3n) is 3.12. The van der Waals surface area contributed by atoms with Gasteiger partial charge >= 0.3 is 5.97 Å². The fourth-order valence-corrected chi connectivity index (χ4v) is 1.95. The van der Waals surface area contributed by atoms with Crippen molar-refractivity contribution in [3.05, 3.63) is 65.6 Å². The summed E-state index contributed by atoms with van der Waals surface area (Å²) in [6.45, 7) is 0.255. The van der Waals surface area contributed by atoms with Gasteiger partial charge < -0.3 is 19.7 Å². The van der Waals surface area contributed by atoms with Gasteiger partial charge in [-0.05, 0) is 18.2 Å². The number of anilines is 1. The highest BCUT2D eigenvalue weighted by molar-refractivity contribution is 5.85. The molecule has 0 spiro atoms. The van der Waals surface area contributed by atoms with Crippen LogP contribution in [0, 0.1) is 5.82 Å². The average Bonchev–Trinajstić information content (AvgIpc) is 3.07. The zero-order valence-corrected chi connectivity index (χ0v) is 12.8. The lowest BCUT2D eigenvalue weighted by atomic mass is 10.3. The van der Waals surface area contributed by atoms with Crippen LogP contribution in [0.3, 0.4) is 0 Å². The minimum absolute atomic E-state index is 0.0267. The van der Waals surface area contributed by atoms with Crippen LogP contribution in [-0.2, 0) is 13.2 Å². The van der Waals surface area contributed by atoms with Gasteiger partial charge in [0, 0.05) is 12.3 Å². The van der Waals surface area contributed by atoms with E-state index >= 15 is 0 Å². The van der Waals surface area contributed by atoms with Crippen molar-refractivity contribution in [2.24, 2.45) is 0 Å². The molecule has 3 rings (SSSR count). The summed E-state index contributed by atoms with van der Waals surface area (Å²) in [6, 6.07) is 8.98. The molecule has 2 aromatic heterocycles. The molecule has 0 saturated carbocycles. The molecule has 0 saturated heterocycles. The predicted molar refractivity (Wildman–Crippen MR) is 83.6 cm³/mol. The minimum Gasteiger partial charge on any atom is -0.482 e. The minimum atomic E-state index is -1.14. The number of hydrogen-bond donors (Lipinski definition) is 2. The Kier molecular flexibility index (Phi) is 4.84. The van der Waals surface area contributed by atoms with E-state index in [1.165, 1.54) is 24.4 Å². The lowest BCUT2D eigenvalue weighted by molar-refractivity contribution is 0.0690. The van der Waals surface area contributed by atoms with Crippen molar-refractivity contribution in [2.75, 3.05) is 5.32 Å². The Hall–Kier alpha value is -3.49. The number of nitrogens with one attached hydrogen (secondary N) is 1. The van der Waals surface area contributed by atoms with Gasteiger partial charge in [-0.15, -0.1) is 0 Å². The van der Waals surface area contributed by atoms with Gasteiger partial charge in [-0.2, -0.15) is 0 Å². The predicted octanol–water partition coefficient (Wildman–Crippen LogP) is 2.49. The second kappa shape index (κ2) is 7.39. The maximum atomic E-state index is 13.5. The number of para-hydroxylation sites is 1. The maximum Gasteiger partial charge on any atom is 0.354 e. The maximum absolute atomic E-state index is 13.5. The number of ether oxygens (including phenoxy) is 1. The SMILES string of the molecule is O=C(O)c1ccnc(NCc2cc(COc3ccccc3F)on2)n1. The molecule has 2 N–H and O–H groups in total. The Balaban J connectivity index is 1.56. The van der Waals surface area contributed by atoms with Crippen LogP contribution in [0.15, 0.2) is 47.1 Å². The summed E-state index contributed by atoms with van der Waals surface area (Å²) in [5.74, 6) is -0.899. The normalized spacial score (nSPS) is 10.4. The highest BCUT2D eigenvalue weighted by Crippen LogP contribution is 2.17. The Morgan fingerprint density at radius 3 is 2.96 bits per heavy atom. The Bertz CT molecular complexity index is 884. The number of carbonyl (C=O) groups is 1. The van der Waals surface area contributed by atoms with Crippen molar-refractivity contribution in [2.45, 2.75) is 13.2 Å². The van der Waals surface area contributed by atoms with Gasteiger partial charge in [0.1, 0.15) is 12.3 Å². The van der Waals surface area contributed by atoms with Crippen LogP contribution in [0.25, 0.3) is 0 Å². The van der Waals surface area contributed by atoms with Crippen molar-refractivity contribution in [1.29, 1.82) is 0 Å². The van der Waals surface area contributed by atoms with E-state index in [9.17, 15) is 9.18 Å². The van der Waals surface area contributed by atoms with Crippen LogP contribution in [0.1, 0.15) is 21.9 Å². The van der Waals surface area contributed by atoms with Crippen LogP contribution in [0.4, 0.5) is 10.3 Å². The van der Waals surface area contributed by atoms with E-state index in [2.05, 4.69) is 20.4 Å². The molecule has 0 amide bonds. The molecule has 8 nitrogen and oxygen atoms in total. The quantitative estimate of drug-likeness (QED) is 0.672. The van der Waals surface area contributed by atoms with E-state index in [0.717, 1.165) is 0 Å². The lowest BCUT2D eigenvalue weighted by Crippen LogP contribution is -2.07. The number of aromatic nitrogens is 3. The summed E-state index contributed by atoms with van der Waals surface area (Å²) in [6.07, 6.45) is 1.34. The fraction of sp³-hybridized carbons (Fsp3) is 0.125. The second-order valence-corrected chi connectivity index (χ2v) is 4.93. The van der Waals surface area contributed by atoms with Gasteiger partial charge in [-0.1, -0.05) is 17.3 Å². The molecule has 0 aliphatic heterocycles. The van der Waals surface area contributed by atoms with E-state index in [1.807, 2.05) is 0 Å². The summed E-state index contributed by atoms with van der Waals surface area (Å²) < 4.78 is 23.9. The summed E-state index contributed by atoms with van der Waals surface area (Å²) >= 11 is 0. The van der Waals surface area contributed by atoms with E-state index in [-0.39, 0.29) is 30.5 Å². The van der Waals surface area contributed by atoms with Gasteiger partial charge in [0.15, 0.2) is 23.0 Å². The van der Waals surface area contributed by atoms with Crippen LogP contribution in [0.5, 0.6) is 5.75 Å². The molecule has 0 radical (unpaired) electrons. The van der Waals surface area contributed by atoms with Crippen LogP contribution in [-0.4, -0.2) is 26.2 Å². The zero-order valence-electron chi connectivity index (χ0n) is 12.8. The molecule has 128 valence electrons. The molecule has 25 heavy (non-hydrogen) atoms. The molecule has 0 bridgehead atoms. The van der Waals surface area contributed by atoms with E-state index < -0.39 is 11.8 Å². The molecule has 0 atom stereocenters. The Labute approximate surface area is 141 Å². The van der Waals surface area contributed by atoms with E-state index in [1.54, 1.807) is 18.2 Å². The van der Waals surface area contributed by atoms with Crippen molar-refractivity contribution in [3.63, 3.8) is 0 Å². The molecular weight excluding hydrogens is 331 g/mol. The molecule has 3 aromatic rings. The third-order valence-corrected chi connectivity index (χ3v) is 3.12. The van der Waals surface area contributed by atoms with Crippen molar-refractivity contribution in [1.82, 2.24) is 15.1 Å². The largest absolute Gasteiger partial charge is 0.482 e. The van der Waals surface area contributed by atoms with Gasteiger partial charge in [-0.3, -0.25) is 0 Å². The number of rotatable bonds is 7. The molecule has 0 unspecified atom stereocenters. The smallest absolute Gasteiger partial charge is 0.354 e. The van der Waals surface area contributed by atoms with Gasteiger partial charge in [0.2, 0.25) is 5.95 Å². The van der Waals surface area contributed by atoms with Crippen LogP contribution in [0.2, 0.25) is 0 Å². The first-order valence-corrected chi connectivity index (χ1v) is 7.24. The number of halogens is 1. The molecule has 9 heteroatoms. The first kappa shape index (κ1) is 16.4.